The molecule has 2 rings (SSSR count). The van der Waals surface area contributed by atoms with Crippen molar-refractivity contribution in [2.45, 2.75) is 19.9 Å². The molecule has 0 aromatic carbocycles. The third-order valence-electron chi connectivity index (χ3n) is 3.20. The summed E-state index contributed by atoms with van der Waals surface area (Å²) in [6, 6.07) is -0.108. The molecule has 19 heavy (non-hydrogen) atoms. The normalized spacial score (nSPS) is 12.5. The van der Waals surface area contributed by atoms with E-state index < -0.39 is 0 Å². The van der Waals surface area contributed by atoms with E-state index in [9.17, 15) is 4.79 Å². The standard InChI is InChI=1S/C12H16BrN5O/c1-7(9-5-14-17(3)8(9)2)16-12(19)11-10(13)6-15-18(11)4/h5-7H,1-4H3,(H,16,19). The maximum atomic E-state index is 12.2. The minimum absolute atomic E-state index is 0.108. The van der Waals surface area contributed by atoms with Gasteiger partial charge in [0, 0.05) is 25.4 Å². The fraction of sp³-hybridized carbons (Fsp3) is 0.417. The first-order chi connectivity index (χ1) is 8.91. The first-order valence-corrected chi connectivity index (χ1v) is 6.68. The molecule has 6 nitrogen and oxygen atoms in total. The Morgan fingerprint density at radius 1 is 1.32 bits per heavy atom. The first kappa shape index (κ1) is 13.8. The van der Waals surface area contributed by atoms with Crippen molar-refractivity contribution in [3.05, 3.63) is 33.8 Å². The van der Waals surface area contributed by atoms with Gasteiger partial charge in [-0.05, 0) is 29.8 Å². The highest BCUT2D eigenvalue weighted by atomic mass is 79.9. The summed E-state index contributed by atoms with van der Waals surface area (Å²) in [5, 5.41) is 11.2. The number of aromatic nitrogens is 4. The smallest absolute Gasteiger partial charge is 0.271 e. The molecule has 0 bridgehead atoms. The molecule has 102 valence electrons. The SMILES string of the molecule is Cc1c(C(C)NC(=O)c2c(Br)cnn2C)cnn1C. The van der Waals surface area contributed by atoms with E-state index >= 15 is 0 Å². The van der Waals surface area contributed by atoms with Crippen LogP contribution >= 0.6 is 15.9 Å². The van der Waals surface area contributed by atoms with Crippen molar-refractivity contribution in [3.8, 4) is 0 Å². The van der Waals surface area contributed by atoms with Crippen molar-refractivity contribution in [1.82, 2.24) is 24.9 Å². The van der Waals surface area contributed by atoms with Crippen LogP contribution in [0.5, 0.6) is 0 Å². The molecule has 0 saturated heterocycles. The van der Waals surface area contributed by atoms with Crippen LogP contribution < -0.4 is 5.32 Å². The van der Waals surface area contributed by atoms with Gasteiger partial charge in [-0.25, -0.2) is 0 Å². The van der Waals surface area contributed by atoms with Gasteiger partial charge in [0.15, 0.2) is 0 Å². The van der Waals surface area contributed by atoms with Gasteiger partial charge in [-0.3, -0.25) is 14.2 Å². The van der Waals surface area contributed by atoms with Gasteiger partial charge in [-0.1, -0.05) is 0 Å². The Morgan fingerprint density at radius 3 is 2.42 bits per heavy atom. The molecule has 1 atom stereocenters. The van der Waals surface area contributed by atoms with E-state index in [0.717, 1.165) is 11.3 Å². The van der Waals surface area contributed by atoms with Gasteiger partial charge < -0.3 is 5.32 Å². The summed E-state index contributed by atoms with van der Waals surface area (Å²) in [4.78, 5) is 12.2. The lowest BCUT2D eigenvalue weighted by Crippen LogP contribution is -2.29. The topological polar surface area (TPSA) is 64.7 Å². The molecule has 0 aliphatic heterocycles. The van der Waals surface area contributed by atoms with E-state index in [1.54, 1.807) is 28.8 Å². The first-order valence-electron chi connectivity index (χ1n) is 5.88. The number of hydrogen-bond acceptors (Lipinski definition) is 3. The van der Waals surface area contributed by atoms with Crippen molar-refractivity contribution in [2.75, 3.05) is 0 Å². The van der Waals surface area contributed by atoms with Gasteiger partial charge in [-0.15, -0.1) is 0 Å². The van der Waals surface area contributed by atoms with Gasteiger partial charge >= 0.3 is 0 Å². The highest BCUT2D eigenvalue weighted by molar-refractivity contribution is 9.10. The number of halogens is 1. The third-order valence-corrected chi connectivity index (χ3v) is 3.78. The lowest BCUT2D eigenvalue weighted by Gasteiger charge is -2.14. The summed E-state index contributed by atoms with van der Waals surface area (Å²) in [7, 11) is 3.62. The molecular formula is C12H16BrN5O. The van der Waals surface area contributed by atoms with Gasteiger partial charge in [0.05, 0.1) is 22.9 Å². The predicted molar refractivity (Wildman–Crippen MR) is 74.7 cm³/mol. The molecule has 2 aromatic rings. The largest absolute Gasteiger partial charge is 0.344 e. The number of hydrogen-bond donors (Lipinski definition) is 1. The van der Waals surface area contributed by atoms with E-state index in [2.05, 4.69) is 31.4 Å². The maximum absolute atomic E-state index is 12.2. The van der Waals surface area contributed by atoms with Gasteiger partial charge in [0.2, 0.25) is 0 Å². The van der Waals surface area contributed by atoms with Crippen LogP contribution in [0.25, 0.3) is 0 Å². The number of rotatable bonds is 3. The van der Waals surface area contributed by atoms with E-state index in [1.807, 2.05) is 20.9 Å². The number of aryl methyl sites for hydroxylation is 2. The van der Waals surface area contributed by atoms with Gasteiger partial charge in [0.25, 0.3) is 5.91 Å². The average Bonchev–Trinajstić information content (AvgIpc) is 2.84. The number of nitrogens with one attached hydrogen (secondary N) is 1. The van der Waals surface area contributed by atoms with Crippen molar-refractivity contribution in [2.24, 2.45) is 14.1 Å². The van der Waals surface area contributed by atoms with E-state index in [4.69, 9.17) is 0 Å². The lowest BCUT2D eigenvalue weighted by atomic mass is 10.1. The van der Waals surface area contributed by atoms with E-state index in [1.165, 1.54) is 0 Å². The highest BCUT2D eigenvalue weighted by Gasteiger charge is 2.19. The summed E-state index contributed by atoms with van der Waals surface area (Å²) in [6.45, 7) is 3.91. The summed E-state index contributed by atoms with van der Waals surface area (Å²) < 4.78 is 4.02. The molecule has 0 radical (unpaired) electrons. The van der Waals surface area contributed by atoms with E-state index in [-0.39, 0.29) is 11.9 Å². The quantitative estimate of drug-likeness (QED) is 0.934. The second-order valence-electron chi connectivity index (χ2n) is 4.47. The monoisotopic (exact) mass is 325 g/mol. The molecule has 0 aliphatic rings. The maximum Gasteiger partial charge on any atom is 0.271 e. The molecule has 1 unspecified atom stereocenters. The zero-order valence-electron chi connectivity index (χ0n) is 11.3. The Bertz CT molecular complexity index is 596. The Morgan fingerprint density at radius 2 is 1.95 bits per heavy atom. The number of nitrogens with zero attached hydrogens (tertiary/aromatic N) is 4. The summed E-state index contributed by atoms with van der Waals surface area (Å²) in [6.07, 6.45) is 3.38. The Labute approximate surface area is 119 Å². The van der Waals surface area contributed by atoms with Crippen molar-refractivity contribution in [3.63, 3.8) is 0 Å². The molecule has 1 N–H and O–H groups in total. The van der Waals surface area contributed by atoms with Crippen LogP contribution in [-0.2, 0) is 14.1 Å². The number of carbonyl (C=O) groups is 1. The predicted octanol–water partition coefficient (Wildman–Crippen LogP) is 1.72. The second kappa shape index (κ2) is 5.16. The molecule has 7 heteroatoms. The molecule has 1 amide bonds. The third kappa shape index (κ3) is 2.56. The van der Waals surface area contributed by atoms with Crippen LogP contribution in [0.1, 0.15) is 34.7 Å². The van der Waals surface area contributed by atoms with Crippen LogP contribution in [-0.4, -0.2) is 25.5 Å². The Hall–Kier alpha value is -1.63. The fourth-order valence-electron chi connectivity index (χ4n) is 1.95. The minimum Gasteiger partial charge on any atom is -0.344 e. The Kier molecular flexibility index (Phi) is 3.75. The van der Waals surface area contributed by atoms with Crippen LogP contribution in [0.2, 0.25) is 0 Å². The summed E-state index contributed by atoms with van der Waals surface area (Å²) in [5.74, 6) is -0.164. The highest BCUT2D eigenvalue weighted by Crippen LogP contribution is 2.19. The van der Waals surface area contributed by atoms with Gasteiger partial charge in [-0.2, -0.15) is 10.2 Å². The van der Waals surface area contributed by atoms with Crippen LogP contribution in [0.3, 0.4) is 0 Å². The lowest BCUT2D eigenvalue weighted by molar-refractivity contribution is 0.0929. The molecule has 0 aliphatic carbocycles. The number of carbonyl (C=O) groups excluding carboxylic acids is 1. The molecule has 2 aromatic heterocycles. The number of amides is 1. The summed E-state index contributed by atoms with van der Waals surface area (Å²) >= 11 is 3.32. The van der Waals surface area contributed by atoms with Crippen LogP contribution in [0.4, 0.5) is 0 Å². The van der Waals surface area contributed by atoms with Gasteiger partial charge in [0.1, 0.15) is 5.69 Å². The van der Waals surface area contributed by atoms with Crippen LogP contribution in [0, 0.1) is 6.92 Å². The average molecular weight is 326 g/mol. The van der Waals surface area contributed by atoms with Crippen molar-refractivity contribution < 1.29 is 4.79 Å². The zero-order chi connectivity index (χ0) is 14.2. The van der Waals surface area contributed by atoms with Crippen LogP contribution in [0.15, 0.2) is 16.9 Å². The Balaban J connectivity index is 2.18. The van der Waals surface area contributed by atoms with Crippen molar-refractivity contribution in [1.29, 1.82) is 0 Å². The minimum atomic E-state index is -0.164. The summed E-state index contributed by atoms with van der Waals surface area (Å²) in [5.41, 5.74) is 2.56. The molecule has 0 saturated carbocycles. The molecule has 2 heterocycles. The fourth-order valence-corrected chi connectivity index (χ4v) is 2.48. The molecule has 0 spiro atoms. The zero-order valence-corrected chi connectivity index (χ0v) is 12.9. The molecule has 0 fully saturated rings. The molecular weight excluding hydrogens is 310 g/mol. The second-order valence-corrected chi connectivity index (χ2v) is 5.32. The van der Waals surface area contributed by atoms with Crippen molar-refractivity contribution >= 4 is 21.8 Å². The van der Waals surface area contributed by atoms with E-state index in [0.29, 0.717) is 10.2 Å².